The molecular weight excluding hydrogens is 244 g/mol. The van der Waals surface area contributed by atoms with E-state index in [4.69, 9.17) is 11.6 Å². The van der Waals surface area contributed by atoms with Crippen LogP contribution in [0.5, 0.6) is 0 Å². The number of hydrogen-bond donors (Lipinski definition) is 1. The minimum atomic E-state index is 0.695. The second-order valence-corrected chi connectivity index (χ2v) is 5.38. The number of hydrogen-bond acceptors (Lipinski definition) is 2. The number of rotatable bonds is 7. The third-order valence-corrected chi connectivity index (χ3v) is 3.54. The van der Waals surface area contributed by atoms with Crippen LogP contribution in [-0.2, 0) is 6.54 Å². The van der Waals surface area contributed by atoms with Gasteiger partial charge in [0.2, 0.25) is 0 Å². The van der Waals surface area contributed by atoms with Crippen LogP contribution >= 0.6 is 11.6 Å². The van der Waals surface area contributed by atoms with Crippen LogP contribution in [-0.4, -0.2) is 20.1 Å². The van der Waals surface area contributed by atoms with E-state index in [-0.39, 0.29) is 0 Å². The summed E-state index contributed by atoms with van der Waals surface area (Å²) in [6, 6.07) is 6.15. The standard InChI is InChI=1S/C15H25ClN2/c1-5-12(3)11-18(4)15-9-14(16)8-7-13(15)10-17-6-2/h7-9,12,17H,5-6,10-11H2,1-4H3. The minimum absolute atomic E-state index is 0.695. The summed E-state index contributed by atoms with van der Waals surface area (Å²) in [5.41, 5.74) is 2.55. The quantitative estimate of drug-likeness (QED) is 0.806. The van der Waals surface area contributed by atoms with E-state index >= 15 is 0 Å². The molecule has 0 spiro atoms. The van der Waals surface area contributed by atoms with Gasteiger partial charge in [-0.2, -0.15) is 0 Å². The van der Waals surface area contributed by atoms with Crippen LogP contribution in [0, 0.1) is 5.92 Å². The van der Waals surface area contributed by atoms with E-state index in [1.807, 2.05) is 6.07 Å². The number of nitrogens with zero attached hydrogens (tertiary/aromatic N) is 1. The topological polar surface area (TPSA) is 15.3 Å². The summed E-state index contributed by atoms with van der Waals surface area (Å²) in [6.07, 6.45) is 1.20. The molecule has 0 heterocycles. The molecule has 1 aromatic carbocycles. The van der Waals surface area contributed by atoms with E-state index in [1.54, 1.807) is 0 Å². The maximum atomic E-state index is 6.12. The Labute approximate surface area is 116 Å². The van der Waals surface area contributed by atoms with Gasteiger partial charge >= 0.3 is 0 Å². The van der Waals surface area contributed by atoms with Gasteiger partial charge in [-0.05, 0) is 30.2 Å². The molecule has 0 fully saturated rings. The van der Waals surface area contributed by atoms with Crippen LogP contribution in [0.25, 0.3) is 0 Å². The molecule has 0 aliphatic rings. The highest BCUT2D eigenvalue weighted by atomic mass is 35.5. The van der Waals surface area contributed by atoms with Crippen molar-refractivity contribution in [3.63, 3.8) is 0 Å². The van der Waals surface area contributed by atoms with Gasteiger partial charge in [0.1, 0.15) is 0 Å². The van der Waals surface area contributed by atoms with Gasteiger partial charge in [-0.3, -0.25) is 0 Å². The Hall–Kier alpha value is -0.730. The fraction of sp³-hybridized carbons (Fsp3) is 0.600. The predicted octanol–water partition coefficient (Wildman–Crippen LogP) is 3.93. The molecule has 0 saturated carbocycles. The van der Waals surface area contributed by atoms with Gasteiger partial charge in [-0.25, -0.2) is 0 Å². The minimum Gasteiger partial charge on any atom is -0.374 e. The van der Waals surface area contributed by atoms with Gasteiger partial charge in [-0.1, -0.05) is 44.9 Å². The average molecular weight is 269 g/mol. The third-order valence-electron chi connectivity index (χ3n) is 3.31. The first-order valence-corrected chi connectivity index (χ1v) is 7.16. The predicted molar refractivity (Wildman–Crippen MR) is 81.6 cm³/mol. The molecule has 0 amide bonds. The molecule has 0 aliphatic heterocycles. The van der Waals surface area contributed by atoms with E-state index < -0.39 is 0 Å². The number of halogens is 1. The van der Waals surface area contributed by atoms with Crippen molar-refractivity contribution < 1.29 is 0 Å². The van der Waals surface area contributed by atoms with E-state index in [0.717, 1.165) is 24.7 Å². The lowest BCUT2D eigenvalue weighted by Crippen LogP contribution is -2.25. The summed E-state index contributed by atoms with van der Waals surface area (Å²) in [5.74, 6) is 0.695. The SMILES string of the molecule is CCNCc1ccc(Cl)cc1N(C)CC(C)CC. The van der Waals surface area contributed by atoms with Crippen LogP contribution in [0.3, 0.4) is 0 Å². The molecule has 1 atom stereocenters. The van der Waals surface area contributed by atoms with Crippen molar-refractivity contribution in [3.05, 3.63) is 28.8 Å². The largest absolute Gasteiger partial charge is 0.374 e. The van der Waals surface area contributed by atoms with Crippen LogP contribution in [0.4, 0.5) is 5.69 Å². The molecule has 102 valence electrons. The summed E-state index contributed by atoms with van der Waals surface area (Å²) < 4.78 is 0. The molecule has 0 saturated heterocycles. The lowest BCUT2D eigenvalue weighted by molar-refractivity contribution is 0.558. The molecule has 2 nitrogen and oxygen atoms in total. The van der Waals surface area contributed by atoms with Crippen molar-refractivity contribution in [2.24, 2.45) is 5.92 Å². The van der Waals surface area contributed by atoms with Crippen LogP contribution in [0.1, 0.15) is 32.8 Å². The van der Waals surface area contributed by atoms with Crippen molar-refractivity contribution in [1.82, 2.24) is 5.32 Å². The Kier molecular flexibility index (Phi) is 6.51. The first-order valence-electron chi connectivity index (χ1n) is 6.78. The maximum absolute atomic E-state index is 6.12. The van der Waals surface area contributed by atoms with Crippen molar-refractivity contribution in [2.45, 2.75) is 33.7 Å². The number of anilines is 1. The van der Waals surface area contributed by atoms with Crippen LogP contribution < -0.4 is 10.2 Å². The van der Waals surface area contributed by atoms with Crippen molar-refractivity contribution in [3.8, 4) is 0 Å². The first kappa shape index (κ1) is 15.3. The van der Waals surface area contributed by atoms with Gasteiger partial charge < -0.3 is 10.2 Å². The molecule has 0 aliphatic carbocycles. The second-order valence-electron chi connectivity index (χ2n) is 4.95. The normalized spacial score (nSPS) is 12.5. The summed E-state index contributed by atoms with van der Waals surface area (Å²) in [5, 5.41) is 4.18. The van der Waals surface area contributed by atoms with Crippen molar-refractivity contribution in [1.29, 1.82) is 0 Å². The van der Waals surface area contributed by atoms with Gasteiger partial charge in [-0.15, -0.1) is 0 Å². The zero-order valence-electron chi connectivity index (χ0n) is 12.0. The zero-order chi connectivity index (χ0) is 13.5. The highest BCUT2D eigenvalue weighted by molar-refractivity contribution is 6.30. The molecule has 0 bridgehead atoms. The van der Waals surface area contributed by atoms with E-state index in [2.05, 4.69) is 50.2 Å². The Morgan fingerprint density at radius 1 is 1.33 bits per heavy atom. The highest BCUT2D eigenvalue weighted by Gasteiger charge is 2.10. The molecule has 1 unspecified atom stereocenters. The Bertz CT molecular complexity index is 366. The lowest BCUT2D eigenvalue weighted by Gasteiger charge is -2.25. The Morgan fingerprint density at radius 2 is 2.06 bits per heavy atom. The van der Waals surface area contributed by atoms with E-state index in [9.17, 15) is 0 Å². The van der Waals surface area contributed by atoms with Gasteiger partial charge in [0.05, 0.1) is 0 Å². The Balaban J connectivity index is 2.86. The zero-order valence-corrected chi connectivity index (χ0v) is 12.7. The molecule has 1 aromatic rings. The molecular formula is C15H25ClN2. The monoisotopic (exact) mass is 268 g/mol. The summed E-state index contributed by atoms with van der Waals surface area (Å²) in [4.78, 5) is 2.31. The lowest BCUT2D eigenvalue weighted by atomic mass is 10.1. The maximum Gasteiger partial charge on any atom is 0.0426 e. The smallest absolute Gasteiger partial charge is 0.0426 e. The summed E-state index contributed by atoms with van der Waals surface area (Å²) in [6.45, 7) is 9.58. The van der Waals surface area contributed by atoms with Gasteiger partial charge in [0, 0.05) is 30.8 Å². The molecule has 0 radical (unpaired) electrons. The molecule has 0 aromatic heterocycles. The number of nitrogens with one attached hydrogen (secondary N) is 1. The molecule has 18 heavy (non-hydrogen) atoms. The van der Waals surface area contributed by atoms with Crippen molar-refractivity contribution in [2.75, 3.05) is 25.0 Å². The van der Waals surface area contributed by atoms with Gasteiger partial charge in [0.15, 0.2) is 0 Å². The Morgan fingerprint density at radius 3 is 2.67 bits per heavy atom. The van der Waals surface area contributed by atoms with Gasteiger partial charge in [0.25, 0.3) is 0 Å². The average Bonchev–Trinajstić information content (AvgIpc) is 2.36. The van der Waals surface area contributed by atoms with Crippen LogP contribution in [0.2, 0.25) is 5.02 Å². The molecule has 3 heteroatoms. The fourth-order valence-corrected chi connectivity index (χ4v) is 2.16. The molecule has 1 rings (SSSR count). The third kappa shape index (κ3) is 4.51. The second kappa shape index (κ2) is 7.65. The van der Waals surface area contributed by atoms with Crippen molar-refractivity contribution >= 4 is 17.3 Å². The summed E-state index contributed by atoms with van der Waals surface area (Å²) in [7, 11) is 2.15. The number of benzene rings is 1. The van der Waals surface area contributed by atoms with E-state index in [1.165, 1.54) is 17.7 Å². The van der Waals surface area contributed by atoms with E-state index in [0.29, 0.717) is 5.92 Å². The fourth-order valence-electron chi connectivity index (χ4n) is 2.00. The highest BCUT2D eigenvalue weighted by Crippen LogP contribution is 2.25. The molecule has 1 N–H and O–H groups in total. The van der Waals surface area contributed by atoms with Crippen LogP contribution in [0.15, 0.2) is 18.2 Å². The first-order chi connectivity index (χ1) is 8.58. The summed E-state index contributed by atoms with van der Waals surface area (Å²) >= 11 is 6.12.